The number of rotatable bonds is 5. The number of carbonyl (C=O) groups excluding carboxylic acids is 2. The van der Waals surface area contributed by atoms with Gasteiger partial charge >= 0.3 is 18.2 Å². The van der Waals surface area contributed by atoms with Gasteiger partial charge in [-0.2, -0.15) is 13.2 Å². The molecule has 0 bridgehead atoms. The van der Waals surface area contributed by atoms with E-state index >= 15 is 0 Å². The molecule has 0 unspecified atom stereocenters. The van der Waals surface area contributed by atoms with Crippen LogP contribution in [0.25, 0.3) is 0 Å². The van der Waals surface area contributed by atoms with Gasteiger partial charge < -0.3 is 21.3 Å². The Morgan fingerprint density at radius 3 is 1.63 bits per heavy atom. The summed E-state index contributed by atoms with van der Waals surface area (Å²) < 4.78 is 37.5. The number of nitrogens with one attached hydrogen (secondary N) is 4. The maximum absolute atomic E-state index is 12.5. The molecule has 4 N–H and O–H groups in total. The van der Waals surface area contributed by atoms with E-state index in [9.17, 15) is 22.8 Å². The van der Waals surface area contributed by atoms with Gasteiger partial charge in [-0.3, -0.25) is 0 Å². The molecule has 6 nitrogen and oxygen atoms in total. The quantitative estimate of drug-likeness (QED) is 0.571. The zero-order chi connectivity index (χ0) is 19.9. The van der Waals surface area contributed by atoms with E-state index < -0.39 is 23.8 Å². The van der Waals surface area contributed by atoms with Crippen LogP contribution >= 0.6 is 0 Å². The minimum absolute atomic E-state index is 0.220. The molecule has 0 aliphatic carbocycles. The van der Waals surface area contributed by atoms with Crippen LogP contribution in [0.1, 0.15) is 5.56 Å². The van der Waals surface area contributed by atoms with Crippen molar-refractivity contribution in [2.24, 2.45) is 0 Å². The van der Waals surface area contributed by atoms with E-state index in [4.69, 9.17) is 0 Å². The van der Waals surface area contributed by atoms with E-state index in [0.717, 1.165) is 24.3 Å². The number of hydrogen-bond acceptors (Lipinski definition) is 2. The third-order valence-electron chi connectivity index (χ3n) is 3.28. The molecule has 0 atom stereocenters. The van der Waals surface area contributed by atoms with E-state index in [1.54, 1.807) is 30.3 Å². The zero-order valence-electron chi connectivity index (χ0n) is 14.1. The Hall–Kier alpha value is -3.49. The van der Waals surface area contributed by atoms with Crippen LogP contribution in [0, 0.1) is 0 Å². The molecule has 0 aliphatic heterocycles. The van der Waals surface area contributed by atoms with Crippen LogP contribution in [0.2, 0.25) is 0 Å². The number of benzene rings is 2. The fourth-order valence-electron chi connectivity index (χ4n) is 2.01. The molecule has 2 aromatic carbocycles. The Morgan fingerprint density at radius 2 is 1.22 bits per heavy atom. The summed E-state index contributed by atoms with van der Waals surface area (Å²) >= 11 is 0. The van der Waals surface area contributed by atoms with Crippen molar-refractivity contribution in [3.8, 4) is 0 Å². The third-order valence-corrected chi connectivity index (χ3v) is 3.28. The summed E-state index contributed by atoms with van der Waals surface area (Å²) in [6, 6.07) is 9.39. The predicted molar refractivity (Wildman–Crippen MR) is 97.7 cm³/mol. The molecule has 0 spiro atoms. The monoisotopic (exact) mass is 378 g/mol. The van der Waals surface area contributed by atoms with Crippen molar-refractivity contribution in [1.29, 1.82) is 0 Å². The normalized spacial score (nSPS) is 10.6. The lowest BCUT2D eigenvalue weighted by Gasteiger charge is -2.10. The summed E-state index contributed by atoms with van der Waals surface area (Å²) in [5, 5.41) is 10.1. The summed E-state index contributed by atoms with van der Waals surface area (Å²) in [4.78, 5) is 23.4. The standard InChI is InChI=1S/C18H17F3N4O2/c1-2-11-22-16(26)23-14-7-9-15(10-8-14)25-17(27)24-13-5-3-12(4-6-13)18(19,20)21/h2-10H,1,11H2,(H2,22,23,26)(H2,24,25,27). The Labute approximate surface area is 153 Å². The van der Waals surface area contributed by atoms with Crippen molar-refractivity contribution in [3.63, 3.8) is 0 Å². The van der Waals surface area contributed by atoms with E-state index in [1.807, 2.05) is 0 Å². The average molecular weight is 378 g/mol. The first-order chi connectivity index (χ1) is 12.8. The number of alkyl halides is 3. The van der Waals surface area contributed by atoms with Crippen LogP contribution in [0.3, 0.4) is 0 Å². The highest BCUT2D eigenvalue weighted by Gasteiger charge is 2.29. The van der Waals surface area contributed by atoms with Gasteiger partial charge in [0.1, 0.15) is 0 Å². The van der Waals surface area contributed by atoms with Crippen molar-refractivity contribution in [2.45, 2.75) is 6.18 Å². The number of halogens is 3. The topological polar surface area (TPSA) is 82.3 Å². The number of carbonyl (C=O) groups is 2. The van der Waals surface area contributed by atoms with E-state index in [-0.39, 0.29) is 5.69 Å². The fraction of sp³-hybridized carbons (Fsp3) is 0.111. The fourth-order valence-corrected chi connectivity index (χ4v) is 2.01. The van der Waals surface area contributed by atoms with Gasteiger partial charge in [-0.05, 0) is 48.5 Å². The first-order valence-electron chi connectivity index (χ1n) is 7.79. The largest absolute Gasteiger partial charge is 0.416 e. The Morgan fingerprint density at radius 1 is 0.815 bits per heavy atom. The molecule has 142 valence electrons. The Balaban J connectivity index is 1.88. The molecule has 27 heavy (non-hydrogen) atoms. The summed E-state index contributed by atoms with van der Waals surface area (Å²) in [6.45, 7) is 3.81. The lowest BCUT2D eigenvalue weighted by Crippen LogP contribution is -2.28. The molecule has 2 rings (SSSR count). The van der Waals surface area contributed by atoms with Crippen LogP contribution in [0.4, 0.5) is 39.8 Å². The number of anilines is 3. The molecule has 4 amide bonds. The van der Waals surface area contributed by atoms with Crippen molar-refractivity contribution in [1.82, 2.24) is 5.32 Å². The first kappa shape index (κ1) is 19.8. The van der Waals surface area contributed by atoms with Gasteiger partial charge in [-0.25, -0.2) is 9.59 Å². The summed E-state index contributed by atoms with van der Waals surface area (Å²) in [7, 11) is 0. The van der Waals surface area contributed by atoms with Crippen LogP contribution in [0.15, 0.2) is 61.2 Å². The van der Waals surface area contributed by atoms with Crippen LogP contribution in [-0.2, 0) is 6.18 Å². The summed E-state index contributed by atoms with van der Waals surface area (Å²) in [5.74, 6) is 0. The molecule has 0 radical (unpaired) electrons. The summed E-state index contributed by atoms with van der Waals surface area (Å²) in [5.41, 5.74) is 0.382. The van der Waals surface area contributed by atoms with Gasteiger partial charge in [-0.1, -0.05) is 6.08 Å². The highest BCUT2D eigenvalue weighted by atomic mass is 19.4. The van der Waals surface area contributed by atoms with Gasteiger partial charge in [0, 0.05) is 23.6 Å². The molecule has 0 aromatic heterocycles. The van der Waals surface area contributed by atoms with Crippen molar-refractivity contribution < 1.29 is 22.8 Å². The van der Waals surface area contributed by atoms with Crippen LogP contribution in [0.5, 0.6) is 0 Å². The lowest BCUT2D eigenvalue weighted by molar-refractivity contribution is -0.137. The van der Waals surface area contributed by atoms with E-state index in [0.29, 0.717) is 17.9 Å². The average Bonchev–Trinajstić information content (AvgIpc) is 2.61. The minimum atomic E-state index is -4.43. The third kappa shape index (κ3) is 6.38. The van der Waals surface area contributed by atoms with Crippen LogP contribution in [-0.4, -0.2) is 18.6 Å². The van der Waals surface area contributed by atoms with Crippen molar-refractivity contribution in [3.05, 3.63) is 66.7 Å². The van der Waals surface area contributed by atoms with Crippen molar-refractivity contribution in [2.75, 3.05) is 22.5 Å². The lowest BCUT2D eigenvalue weighted by atomic mass is 10.2. The minimum Gasteiger partial charge on any atom is -0.334 e. The molecular weight excluding hydrogens is 361 g/mol. The Kier molecular flexibility index (Phi) is 6.42. The Bertz CT molecular complexity index is 803. The second-order valence-corrected chi connectivity index (χ2v) is 5.36. The molecular formula is C18H17F3N4O2. The highest BCUT2D eigenvalue weighted by molar-refractivity contribution is 6.00. The van der Waals surface area contributed by atoms with Gasteiger partial charge in [0.2, 0.25) is 0 Å². The second-order valence-electron chi connectivity index (χ2n) is 5.36. The smallest absolute Gasteiger partial charge is 0.334 e. The molecule has 0 heterocycles. The van der Waals surface area contributed by atoms with Gasteiger partial charge in [-0.15, -0.1) is 6.58 Å². The van der Waals surface area contributed by atoms with Crippen LogP contribution < -0.4 is 21.3 Å². The molecule has 0 aliphatic rings. The second kappa shape index (κ2) is 8.75. The zero-order valence-corrected chi connectivity index (χ0v) is 14.1. The number of hydrogen-bond donors (Lipinski definition) is 4. The molecule has 0 saturated heterocycles. The maximum atomic E-state index is 12.5. The number of urea groups is 2. The van der Waals surface area contributed by atoms with Gasteiger partial charge in [0.15, 0.2) is 0 Å². The summed E-state index contributed by atoms with van der Waals surface area (Å²) in [6.07, 6.45) is -2.89. The van der Waals surface area contributed by atoms with Gasteiger partial charge in [0.05, 0.1) is 5.56 Å². The van der Waals surface area contributed by atoms with E-state index in [1.165, 1.54) is 0 Å². The van der Waals surface area contributed by atoms with E-state index in [2.05, 4.69) is 27.8 Å². The van der Waals surface area contributed by atoms with Gasteiger partial charge in [0.25, 0.3) is 0 Å². The SMILES string of the molecule is C=CCNC(=O)Nc1ccc(NC(=O)Nc2ccc(C(F)(F)F)cc2)cc1. The molecule has 2 aromatic rings. The number of amides is 4. The molecule has 0 fully saturated rings. The molecule has 9 heteroatoms. The molecule has 0 saturated carbocycles. The maximum Gasteiger partial charge on any atom is 0.416 e. The highest BCUT2D eigenvalue weighted by Crippen LogP contribution is 2.29. The first-order valence-corrected chi connectivity index (χ1v) is 7.79. The van der Waals surface area contributed by atoms with Crippen molar-refractivity contribution >= 4 is 29.1 Å². The predicted octanol–water partition coefficient (Wildman–Crippen LogP) is 4.66.